The van der Waals surface area contributed by atoms with Crippen molar-refractivity contribution < 1.29 is 14.4 Å². The number of benzene rings is 1. The number of likely N-dealkylation sites (tertiary alicyclic amines) is 2. The molecule has 0 bridgehead atoms. The van der Waals surface area contributed by atoms with Gasteiger partial charge in [0.1, 0.15) is 5.69 Å². The molecular formula is C20H25N3O3. The van der Waals surface area contributed by atoms with Crippen molar-refractivity contribution in [1.82, 2.24) is 15.0 Å². The van der Waals surface area contributed by atoms with Gasteiger partial charge in [-0.2, -0.15) is 0 Å². The first kappa shape index (κ1) is 17.2. The lowest BCUT2D eigenvalue weighted by atomic mass is 9.69. The summed E-state index contributed by atoms with van der Waals surface area (Å²) < 4.78 is 5.34. The second kappa shape index (κ2) is 6.85. The highest BCUT2D eigenvalue weighted by Gasteiger charge is 2.47. The monoisotopic (exact) mass is 355 g/mol. The van der Waals surface area contributed by atoms with Crippen LogP contribution in [-0.2, 0) is 0 Å². The lowest BCUT2D eigenvalue weighted by Crippen LogP contribution is -2.62. The Labute approximate surface area is 153 Å². The van der Waals surface area contributed by atoms with Gasteiger partial charge in [0.05, 0.1) is 6.61 Å². The fourth-order valence-corrected chi connectivity index (χ4v) is 4.48. The Kier molecular flexibility index (Phi) is 4.54. The molecule has 0 unspecified atom stereocenters. The van der Waals surface area contributed by atoms with Crippen LogP contribution in [0.15, 0.2) is 40.9 Å². The van der Waals surface area contributed by atoms with Crippen LogP contribution in [0.1, 0.15) is 29.8 Å². The molecule has 1 amide bonds. The molecule has 0 spiro atoms. The number of hydrogen-bond acceptors (Lipinski definition) is 5. The van der Waals surface area contributed by atoms with Gasteiger partial charge in [-0.25, -0.2) is 0 Å². The van der Waals surface area contributed by atoms with E-state index >= 15 is 0 Å². The molecule has 6 nitrogen and oxygen atoms in total. The van der Waals surface area contributed by atoms with E-state index in [1.807, 2.05) is 35.2 Å². The van der Waals surface area contributed by atoms with E-state index in [1.54, 1.807) is 6.07 Å². The Hall–Kier alpha value is -2.18. The Bertz CT molecular complexity index is 776. The maximum atomic E-state index is 12.9. The quantitative estimate of drug-likeness (QED) is 0.915. The zero-order valence-corrected chi connectivity index (χ0v) is 15.1. The van der Waals surface area contributed by atoms with Crippen LogP contribution in [0.4, 0.5) is 0 Å². The van der Waals surface area contributed by atoms with Gasteiger partial charge in [-0.05, 0) is 32.9 Å². The number of piperidine rings is 2. The minimum atomic E-state index is -0.120. The van der Waals surface area contributed by atoms with Gasteiger partial charge in [0, 0.05) is 36.2 Å². The molecule has 6 heteroatoms. The summed E-state index contributed by atoms with van der Waals surface area (Å²) in [7, 11) is 2.09. The molecule has 1 aromatic heterocycles. The highest BCUT2D eigenvalue weighted by Crippen LogP contribution is 2.41. The van der Waals surface area contributed by atoms with Crippen molar-refractivity contribution in [3.05, 3.63) is 42.2 Å². The SMILES string of the molecule is CN1CCC[C@]2(CO)CCN(C(=O)c3cc(-c4ccccc4)no3)C[C@@H]12. The van der Waals surface area contributed by atoms with Crippen LogP contribution in [0, 0.1) is 5.41 Å². The van der Waals surface area contributed by atoms with E-state index < -0.39 is 0 Å². The van der Waals surface area contributed by atoms with Gasteiger partial charge < -0.3 is 19.4 Å². The predicted molar refractivity (Wildman–Crippen MR) is 97.6 cm³/mol. The molecule has 1 aromatic carbocycles. The first-order valence-electron chi connectivity index (χ1n) is 9.25. The number of rotatable bonds is 3. The summed E-state index contributed by atoms with van der Waals surface area (Å²) in [6.45, 7) is 2.46. The van der Waals surface area contributed by atoms with E-state index in [-0.39, 0.29) is 29.7 Å². The highest BCUT2D eigenvalue weighted by atomic mass is 16.5. The summed E-state index contributed by atoms with van der Waals surface area (Å²) in [5, 5.41) is 14.1. The van der Waals surface area contributed by atoms with E-state index in [0.29, 0.717) is 18.8 Å². The normalized spacial score (nSPS) is 26.5. The van der Waals surface area contributed by atoms with Crippen LogP contribution in [-0.4, -0.2) is 65.3 Å². The number of carbonyl (C=O) groups is 1. The molecule has 2 aliphatic rings. The van der Waals surface area contributed by atoms with Crippen molar-refractivity contribution in [1.29, 1.82) is 0 Å². The molecule has 2 saturated heterocycles. The van der Waals surface area contributed by atoms with Crippen molar-refractivity contribution >= 4 is 5.91 Å². The summed E-state index contributed by atoms with van der Waals surface area (Å²) in [4.78, 5) is 17.1. The second-order valence-electron chi connectivity index (χ2n) is 7.56. The topological polar surface area (TPSA) is 69.8 Å². The molecule has 2 aromatic rings. The fourth-order valence-electron chi connectivity index (χ4n) is 4.48. The van der Waals surface area contributed by atoms with Crippen molar-refractivity contribution in [3.8, 4) is 11.3 Å². The largest absolute Gasteiger partial charge is 0.396 e. The fraction of sp³-hybridized carbons (Fsp3) is 0.500. The van der Waals surface area contributed by atoms with E-state index in [2.05, 4.69) is 17.1 Å². The van der Waals surface area contributed by atoms with E-state index in [0.717, 1.165) is 31.4 Å². The molecule has 0 saturated carbocycles. The zero-order valence-electron chi connectivity index (χ0n) is 15.1. The van der Waals surface area contributed by atoms with Crippen molar-refractivity contribution in [2.75, 3.05) is 33.3 Å². The molecular weight excluding hydrogens is 330 g/mol. The molecule has 138 valence electrons. The third-order valence-corrected chi connectivity index (χ3v) is 6.09. The zero-order chi connectivity index (χ0) is 18.1. The van der Waals surface area contributed by atoms with Crippen LogP contribution in [0.3, 0.4) is 0 Å². The molecule has 2 atom stereocenters. The second-order valence-corrected chi connectivity index (χ2v) is 7.56. The first-order chi connectivity index (χ1) is 12.6. The Morgan fingerprint density at radius 1 is 1.31 bits per heavy atom. The van der Waals surface area contributed by atoms with E-state index in [1.165, 1.54) is 0 Å². The van der Waals surface area contributed by atoms with Gasteiger partial charge in [-0.1, -0.05) is 35.5 Å². The third kappa shape index (κ3) is 2.93. The van der Waals surface area contributed by atoms with Crippen molar-refractivity contribution in [2.45, 2.75) is 25.3 Å². The average Bonchev–Trinajstić information content (AvgIpc) is 3.18. The molecule has 0 aliphatic carbocycles. The lowest BCUT2D eigenvalue weighted by molar-refractivity contribution is -0.0606. The number of likely N-dealkylation sites (N-methyl/N-ethyl adjacent to an activating group) is 1. The lowest BCUT2D eigenvalue weighted by Gasteiger charge is -2.53. The summed E-state index contributed by atoms with van der Waals surface area (Å²) in [5.74, 6) is 0.156. The van der Waals surface area contributed by atoms with Gasteiger partial charge in [0.2, 0.25) is 5.76 Å². The molecule has 26 heavy (non-hydrogen) atoms. The third-order valence-electron chi connectivity index (χ3n) is 6.09. The number of nitrogens with zero attached hydrogens (tertiary/aromatic N) is 3. The minimum absolute atomic E-state index is 0.0829. The maximum absolute atomic E-state index is 12.9. The Balaban J connectivity index is 1.52. The maximum Gasteiger partial charge on any atom is 0.292 e. The molecule has 0 radical (unpaired) electrons. The predicted octanol–water partition coefficient (Wildman–Crippen LogP) is 2.26. The van der Waals surface area contributed by atoms with E-state index in [9.17, 15) is 9.90 Å². The molecule has 2 aliphatic heterocycles. The minimum Gasteiger partial charge on any atom is -0.396 e. The van der Waals surface area contributed by atoms with Gasteiger partial charge in [0.25, 0.3) is 5.91 Å². The number of aromatic nitrogens is 1. The summed E-state index contributed by atoms with van der Waals surface area (Å²) in [6, 6.07) is 11.6. The summed E-state index contributed by atoms with van der Waals surface area (Å²) >= 11 is 0. The Morgan fingerprint density at radius 2 is 2.12 bits per heavy atom. The van der Waals surface area contributed by atoms with E-state index in [4.69, 9.17) is 4.52 Å². The van der Waals surface area contributed by atoms with Crippen LogP contribution in [0.2, 0.25) is 0 Å². The molecule has 1 N–H and O–H groups in total. The smallest absolute Gasteiger partial charge is 0.292 e. The number of aliphatic hydroxyl groups is 1. The van der Waals surface area contributed by atoms with Crippen molar-refractivity contribution in [3.63, 3.8) is 0 Å². The van der Waals surface area contributed by atoms with Crippen LogP contribution in [0.25, 0.3) is 11.3 Å². The number of fused-ring (bicyclic) bond motifs is 1. The van der Waals surface area contributed by atoms with Crippen LogP contribution < -0.4 is 0 Å². The van der Waals surface area contributed by atoms with Crippen LogP contribution in [0.5, 0.6) is 0 Å². The van der Waals surface area contributed by atoms with Crippen molar-refractivity contribution in [2.24, 2.45) is 5.41 Å². The van der Waals surface area contributed by atoms with Gasteiger partial charge >= 0.3 is 0 Å². The molecule has 4 rings (SSSR count). The summed E-state index contributed by atoms with van der Waals surface area (Å²) in [5.41, 5.74) is 1.52. The molecule has 2 fully saturated rings. The number of aliphatic hydroxyl groups excluding tert-OH is 1. The Morgan fingerprint density at radius 3 is 2.88 bits per heavy atom. The average molecular weight is 355 g/mol. The summed E-state index contributed by atoms with van der Waals surface area (Å²) in [6.07, 6.45) is 2.95. The standard InChI is InChI=1S/C20H25N3O3/c1-22-10-5-8-20(14-24)9-11-23(13-18(20)22)19(25)17-12-16(21-26-17)15-6-3-2-4-7-15/h2-4,6-7,12,18,24H,5,8-11,13-14H2,1H3/t18-,20-/m1/s1. The van der Waals surface area contributed by atoms with Gasteiger partial charge in [-0.3, -0.25) is 4.79 Å². The first-order valence-corrected chi connectivity index (χ1v) is 9.25. The number of amides is 1. The number of hydrogen-bond donors (Lipinski definition) is 1. The molecule has 3 heterocycles. The highest BCUT2D eigenvalue weighted by molar-refractivity contribution is 5.92. The van der Waals surface area contributed by atoms with Gasteiger partial charge in [-0.15, -0.1) is 0 Å². The van der Waals surface area contributed by atoms with Crippen LogP contribution >= 0.6 is 0 Å². The van der Waals surface area contributed by atoms with Gasteiger partial charge in [0.15, 0.2) is 0 Å². The number of carbonyl (C=O) groups excluding carboxylic acids is 1.